The Morgan fingerprint density at radius 3 is 2.52 bits per heavy atom. The van der Waals surface area contributed by atoms with E-state index in [2.05, 4.69) is 15.9 Å². The van der Waals surface area contributed by atoms with E-state index in [-0.39, 0.29) is 27.7 Å². The number of ether oxygens (including phenoxy) is 2. The van der Waals surface area contributed by atoms with Crippen molar-refractivity contribution in [2.24, 2.45) is 0 Å². The minimum absolute atomic E-state index is 0.0774. The number of hydrogen-bond donors (Lipinski definition) is 1. The molecule has 0 radical (unpaired) electrons. The van der Waals surface area contributed by atoms with Gasteiger partial charge in [-0.15, -0.1) is 0 Å². The van der Waals surface area contributed by atoms with Crippen LogP contribution >= 0.6 is 39.1 Å². The van der Waals surface area contributed by atoms with Crippen LogP contribution in [0.4, 0.5) is 13.2 Å². The first-order chi connectivity index (χ1) is 13.7. The predicted octanol–water partition coefficient (Wildman–Crippen LogP) is 4.99. The summed E-state index contributed by atoms with van der Waals surface area (Å²) in [6, 6.07) is 4.70. The van der Waals surface area contributed by atoms with Crippen molar-refractivity contribution in [3.63, 3.8) is 0 Å². The number of hydrogen-bond acceptors (Lipinski definition) is 4. The fourth-order valence-corrected chi connectivity index (χ4v) is 3.95. The van der Waals surface area contributed by atoms with Crippen LogP contribution in [0.1, 0.15) is 11.7 Å². The number of aliphatic hydroxyl groups is 1. The molecule has 158 valence electrons. The molecule has 3 rings (SSSR count). The summed E-state index contributed by atoms with van der Waals surface area (Å²) in [5.74, 6) is -2.88. The minimum atomic E-state index is -1.01. The third-order valence-electron chi connectivity index (χ3n) is 4.39. The maximum atomic E-state index is 13.8. The molecule has 1 aliphatic heterocycles. The molecular formula is C19H17BrCl2F3NO3. The Balaban J connectivity index is 1.58. The van der Waals surface area contributed by atoms with Gasteiger partial charge in [0.15, 0.2) is 17.4 Å². The highest BCUT2D eigenvalue weighted by atomic mass is 79.9. The molecule has 0 aromatic heterocycles. The van der Waals surface area contributed by atoms with Gasteiger partial charge in [-0.3, -0.25) is 4.90 Å². The molecular weight excluding hydrogens is 498 g/mol. The highest BCUT2D eigenvalue weighted by Crippen LogP contribution is 2.32. The zero-order valence-corrected chi connectivity index (χ0v) is 18.1. The fourth-order valence-electron chi connectivity index (χ4n) is 3.04. The van der Waals surface area contributed by atoms with Crippen molar-refractivity contribution in [1.29, 1.82) is 0 Å². The second kappa shape index (κ2) is 9.85. The molecule has 1 saturated heterocycles. The smallest absolute Gasteiger partial charge is 0.190 e. The molecule has 1 N–H and O–H groups in total. The lowest BCUT2D eigenvalue weighted by atomic mass is 10.1. The lowest BCUT2D eigenvalue weighted by Crippen LogP contribution is -2.43. The molecule has 0 saturated carbocycles. The lowest BCUT2D eigenvalue weighted by molar-refractivity contribution is -0.0462. The van der Waals surface area contributed by atoms with Crippen LogP contribution < -0.4 is 4.74 Å². The van der Waals surface area contributed by atoms with Crippen LogP contribution in [-0.4, -0.2) is 49.0 Å². The van der Waals surface area contributed by atoms with E-state index >= 15 is 0 Å². The Kier molecular flexibility index (Phi) is 7.69. The van der Waals surface area contributed by atoms with E-state index in [1.165, 1.54) is 12.1 Å². The van der Waals surface area contributed by atoms with Crippen molar-refractivity contribution < 1.29 is 27.8 Å². The minimum Gasteiger partial charge on any atom is -0.485 e. The van der Waals surface area contributed by atoms with Crippen LogP contribution in [0, 0.1) is 17.5 Å². The number of nitrogens with zero attached hydrogens (tertiary/aromatic N) is 1. The van der Waals surface area contributed by atoms with Crippen LogP contribution in [-0.2, 0) is 4.74 Å². The summed E-state index contributed by atoms with van der Waals surface area (Å²) in [5, 5.41) is 10.4. The molecule has 0 aliphatic carbocycles. The van der Waals surface area contributed by atoms with Crippen molar-refractivity contribution in [2.75, 3.05) is 32.8 Å². The predicted molar refractivity (Wildman–Crippen MR) is 107 cm³/mol. The van der Waals surface area contributed by atoms with Gasteiger partial charge in [-0.05, 0) is 24.3 Å². The maximum Gasteiger partial charge on any atom is 0.190 e. The number of halogens is 6. The average molecular weight is 515 g/mol. The molecule has 2 atom stereocenters. The Bertz CT molecular complexity index is 867. The first-order valence-corrected chi connectivity index (χ1v) is 10.2. The Hall–Kier alpha value is -1.03. The highest BCUT2D eigenvalue weighted by Gasteiger charge is 2.26. The molecule has 0 amide bonds. The third kappa shape index (κ3) is 5.77. The number of aliphatic hydroxyl groups excluding tert-OH is 1. The van der Waals surface area contributed by atoms with Gasteiger partial charge in [-0.25, -0.2) is 13.2 Å². The highest BCUT2D eigenvalue weighted by molar-refractivity contribution is 9.10. The van der Waals surface area contributed by atoms with Crippen molar-refractivity contribution >= 4 is 39.1 Å². The van der Waals surface area contributed by atoms with E-state index in [9.17, 15) is 18.3 Å². The Morgan fingerprint density at radius 2 is 1.83 bits per heavy atom. The molecule has 2 aromatic carbocycles. The van der Waals surface area contributed by atoms with Gasteiger partial charge in [0.05, 0.1) is 17.7 Å². The number of β-amino-alcohol motifs (C(OH)–C–C–N with tert-alkyl or cyclic N) is 1. The van der Waals surface area contributed by atoms with E-state index in [0.717, 1.165) is 12.1 Å². The fraction of sp³-hybridized carbons (Fsp3) is 0.368. The van der Waals surface area contributed by atoms with E-state index < -0.39 is 35.4 Å². The molecule has 4 nitrogen and oxygen atoms in total. The van der Waals surface area contributed by atoms with Crippen LogP contribution in [0.2, 0.25) is 10.0 Å². The first-order valence-electron chi connectivity index (χ1n) is 8.68. The van der Waals surface area contributed by atoms with Crippen LogP contribution in [0.5, 0.6) is 5.75 Å². The zero-order chi connectivity index (χ0) is 21.1. The van der Waals surface area contributed by atoms with Crippen molar-refractivity contribution in [1.82, 2.24) is 4.90 Å². The van der Waals surface area contributed by atoms with Gasteiger partial charge in [0.2, 0.25) is 0 Å². The van der Waals surface area contributed by atoms with Crippen molar-refractivity contribution in [2.45, 2.75) is 12.2 Å². The largest absolute Gasteiger partial charge is 0.485 e. The summed E-state index contributed by atoms with van der Waals surface area (Å²) in [7, 11) is 0. The normalized spacial score (nSPS) is 18.7. The van der Waals surface area contributed by atoms with Gasteiger partial charge in [0, 0.05) is 34.7 Å². The number of benzene rings is 2. The van der Waals surface area contributed by atoms with Crippen LogP contribution in [0.15, 0.2) is 28.7 Å². The summed E-state index contributed by atoms with van der Waals surface area (Å²) in [5.41, 5.74) is 0.461. The summed E-state index contributed by atoms with van der Waals surface area (Å²) >= 11 is 14.9. The van der Waals surface area contributed by atoms with Crippen LogP contribution in [0.25, 0.3) is 0 Å². The van der Waals surface area contributed by atoms with Gasteiger partial charge in [0.25, 0.3) is 0 Å². The molecule has 1 aliphatic rings. The SMILES string of the molecule is OC(COc1c(F)cc(Br)cc1F)CN1CCOC(c2cc(F)c(Cl)cc2Cl)C1. The molecule has 2 unspecified atom stereocenters. The summed E-state index contributed by atoms with van der Waals surface area (Å²) < 4.78 is 52.4. The quantitative estimate of drug-likeness (QED) is 0.552. The summed E-state index contributed by atoms with van der Waals surface area (Å²) in [6.07, 6.45) is -1.51. The zero-order valence-electron chi connectivity index (χ0n) is 15.0. The van der Waals surface area contributed by atoms with E-state index in [0.29, 0.717) is 25.3 Å². The molecule has 0 bridgehead atoms. The van der Waals surface area contributed by atoms with Gasteiger partial charge in [-0.2, -0.15) is 0 Å². The topological polar surface area (TPSA) is 41.9 Å². The van der Waals surface area contributed by atoms with E-state index in [1.54, 1.807) is 0 Å². The lowest BCUT2D eigenvalue weighted by Gasteiger charge is -2.34. The standard InChI is InChI=1S/C19H17BrCl2F3NO3/c20-10-3-16(24)19(17(25)4-10)29-9-11(27)7-26-1-2-28-18(8-26)12-5-15(23)14(22)6-13(12)21/h3-6,11,18,27H,1-2,7-9H2. The molecule has 1 heterocycles. The maximum absolute atomic E-state index is 13.8. The molecule has 10 heteroatoms. The Morgan fingerprint density at radius 1 is 1.14 bits per heavy atom. The Labute approximate surface area is 184 Å². The van der Waals surface area contributed by atoms with E-state index in [4.69, 9.17) is 32.7 Å². The first kappa shape index (κ1) is 22.7. The number of rotatable bonds is 6. The van der Waals surface area contributed by atoms with Gasteiger partial charge < -0.3 is 14.6 Å². The van der Waals surface area contributed by atoms with Crippen molar-refractivity contribution in [3.05, 3.63) is 61.8 Å². The molecule has 29 heavy (non-hydrogen) atoms. The van der Waals surface area contributed by atoms with Gasteiger partial charge in [0.1, 0.15) is 18.5 Å². The average Bonchev–Trinajstić information content (AvgIpc) is 2.64. The number of morpholine rings is 1. The van der Waals surface area contributed by atoms with Gasteiger partial charge >= 0.3 is 0 Å². The molecule has 1 fully saturated rings. The summed E-state index contributed by atoms with van der Waals surface area (Å²) in [6.45, 7) is 1.08. The third-order valence-corrected chi connectivity index (χ3v) is 5.46. The summed E-state index contributed by atoms with van der Waals surface area (Å²) in [4.78, 5) is 1.87. The van der Waals surface area contributed by atoms with E-state index in [1.807, 2.05) is 4.90 Å². The second-order valence-electron chi connectivity index (χ2n) is 6.57. The van der Waals surface area contributed by atoms with Crippen LogP contribution in [0.3, 0.4) is 0 Å². The molecule has 2 aromatic rings. The van der Waals surface area contributed by atoms with Crippen molar-refractivity contribution in [3.8, 4) is 5.75 Å². The second-order valence-corrected chi connectivity index (χ2v) is 8.30. The molecule has 0 spiro atoms. The monoisotopic (exact) mass is 513 g/mol. The van der Waals surface area contributed by atoms with Gasteiger partial charge in [-0.1, -0.05) is 39.1 Å².